The molecule has 3 aliphatic rings. The third-order valence-corrected chi connectivity index (χ3v) is 7.01. The molecule has 8 heteroatoms. The summed E-state index contributed by atoms with van der Waals surface area (Å²) in [7, 11) is -2.99. The minimum absolute atomic E-state index is 0.0966. The number of nitrogens with one attached hydrogen (secondary N) is 1. The minimum atomic E-state index is -2.99. The van der Waals surface area contributed by atoms with Crippen molar-refractivity contribution in [3.05, 3.63) is 0 Å². The average Bonchev–Trinajstić information content (AvgIpc) is 3.14. The second kappa shape index (κ2) is 6.05. The van der Waals surface area contributed by atoms with E-state index < -0.39 is 15.4 Å². The van der Waals surface area contributed by atoms with Gasteiger partial charge in [0.25, 0.3) is 5.91 Å². The molecular formula is C15H25N3O4S. The standard InChI is InChI=1S/C15H25N3O4S/c1-2-8-17(12-5-9-23(21,22)10-12)11-18-13(19)15(16-14(18)20)6-3-4-7-15/h12H,2-11H2,1H3,(H,16,20). The van der Waals surface area contributed by atoms with Crippen molar-refractivity contribution >= 4 is 21.8 Å². The summed E-state index contributed by atoms with van der Waals surface area (Å²) in [5.41, 5.74) is -0.698. The fraction of sp³-hybridized carbons (Fsp3) is 0.867. The van der Waals surface area contributed by atoms with Crippen LogP contribution in [0.3, 0.4) is 0 Å². The predicted octanol–water partition coefficient (Wildman–Crippen LogP) is 0.708. The van der Waals surface area contributed by atoms with Crippen LogP contribution in [0.25, 0.3) is 0 Å². The summed E-state index contributed by atoms with van der Waals surface area (Å²) in [6, 6.07) is -0.431. The van der Waals surface area contributed by atoms with Crippen molar-refractivity contribution < 1.29 is 18.0 Å². The highest BCUT2D eigenvalue weighted by Crippen LogP contribution is 2.35. The molecular weight excluding hydrogens is 318 g/mol. The van der Waals surface area contributed by atoms with Crippen LogP contribution >= 0.6 is 0 Å². The van der Waals surface area contributed by atoms with E-state index in [1.165, 1.54) is 4.90 Å². The van der Waals surface area contributed by atoms with Gasteiger partial charge in [0.05, 0.1) is 18.2 Å². The normalized spacial score (nSPS) is 29.0. The van der Waals surface area contributed by atoms with Gasteiger partial charge in [-0.2, -0.15) is 0 Å². The first-order chi connectivity index (χ1) is 10.9. The first-order valence-electron chi connectivity index (χ1n) is 8.45. The number of hydrogen-bond acceptors (Lipinski definition) is 5. The van der Waals surface area contributed by atoms with E-state index in [0.717, 1.165) is 19.3 Å². The number of hydrogen-bond donors (Lipinski definition) is 1. The molecule has 1 N–H and O–H groups in total. The Morgan fingerprint density at radius 1 is 1.30 bits per heavy atom. The topological polar surface area (TPSA) is 86.8 Å². The Labute approximate surface area is 137 Å². The molecule has 3 fully saturated rings. The smallest absolute Gasteiger partial charge is 0.323 e. The summed E-state index contributed by atoms with van der Waals surface area (Å²) >= 11 is 0. The second-order valence-corrected chi connectivity index (χ2v) is 9.19. The molecule has 0 bridgehead atoms. The molecule has 3 rings (SSSR count). The maximum absolute atomic E-state index is 12.7. The zero-order valence-corrected chi connectivity index (χ0v) is 14.4. The third-order valence-electron chi connectivity index (χ3n) is 5.26. The molecule has 2 heterocycles. The molecule has 3 amide bonds. The highest BCUT2D eigenvalue weighted by atomic mass is 32.2. The molecule has 0 radical (unpaired) electrons. The van der Waals surface area contributed by atoms with Gasteiger partial charge in [-0.05, 0) is 32.2 Å². The highest BCUT2D eigenvalue weighted by molar-refractivity contribution is 7.91. The lowest BCUT2D eigenvalue weighted by Crippen LogP contribution is -2.48. The van der Waals surface area contributed by atoms with E-state index in [9.17, 15) is 18.0 Å². The maximum Gasteiger partial charge on any atom is 0.326 e. The van der Waals surface area contributed by atoms with Crippen LogP contribution in [-0.4, -0.2) is 66.5 Å². The van der Waals surface area contributed by atoms with Crippen molar-refractivity contribution in [1.29, 1.82) is 0 Å². The fourth-order valence-corrected chi connectivity index (χ4v) is 5.78. The molecule has 1 saturated carbocycles. The lowest BCUT2D eigenvalue weighted by Gasteiger charge is -2.31. The summed E-state index contributed by atoms with van der Waals surface area (Å²) in [5, 5.41) is 2.88. The van der Waals surface area contributed by atoms with Crippen LogP contribution < -0.4 is 5.32 Å². The largest absolute Gasteiger partial charge is 0.326 e. The lowest BCUT2D eigenvalue weighted by molar-refractivity contribution is -0.132. The summed E-state index contributed by atoms with van der Waals surface area (Å²) in [5.74, 6) is 0.186. The van der Waals surface area contributed by atoms with E-state index in [0.29, 0.717) is 25.8 Å². The molecule has 130 valence electrons. The molecule has 1 aliphatic carbocycles. The summed E-state index contributed by atoms with van der Waals surface area (Å²) < 4.78 is 23.5. The van der Waals surface area contributed by atoms with Gasteiger partial charge in [-0.15, -0.1) is 0 Å². The molecule has 0 aromatic carbocycles. The molecule has 1 spiro atoms. The third kappa shape index (κ3) is 3.10. The number of carbonyl (C=O) groups is 2. The van der Waals surface area contributed by atoms with Crippen LogP contribution in [0.5, 0.6) is 0 Å². The quantitative estimate of drug-likeness (QED) is 0.743. The molecule has 1 unspecified atom stereocenters. The van der Waals surface area contributed by atoms with Crippen molar-refractivity contribution in [3.63, 3.8) is 0 Å². The van der Waals surface area contributed by atoms with Gasteiger partial charge < -0.3 is 5.32 Å². The van der Waals surface area contributed by atoms with Gasteiger partial charge in [-0.1, -0.05) is 19.8 Å². The number of rotatable bonds is 5. The van der Waals surface area contributed by atoms with Crippen LogP contribution in [0.2, 0.25) is 0 Å². The first-order valence-corrected chi connectivity index (χ1v) is 10.3. The summed E-state index contributed by atoms with van der Waals surface area (Å²) in [4.78, 5) is 28.3. The number of carbonyl (C=O) groups excluding carboxylic acids is 2. The van der Waals surface area contributed by atoms with E-state index in [1.807, 2.05) is 11.8 Å². The van der Waals surface area contributed by atoms with E-state index in [2.05, 4.69) is 5.32 Å². The Morgan fingerprint density at radius 2 is 2.00 bits per heavy atom. The van der Waals surface area contributed by atoms with Crippen LogP contribution in [0.4, 0.5) is 4.79 Å². The Bertz CT molecular complexity index is 598. The SMILES string of the molecule is CCCN(CN1C(=O)NC2(CCCC2)C1=O)C1CCS(=O)(=O)C1. The number of urea groups is 1. The molecule has 2 saturated heterocycles. The van der Waals surface area contributed by atoms with Crippen molar-refractivity contribution in [2.24, 2.45) is 0 Å². The Balaban J connectivity index is 1.73. The van der Waals surface area contributed by atoms with Crippen LogP contribution in [0, 0.1) is 0 Å². The van der Waals surface area contributed by atoms with Gasteiger partial charge >= 0.3 is 6.03 Å². The average molecular weight is 343 g/mol. The van der Waals surface area contributed by atoms with Crippen molar-refractivity contribution in [2.75, 3.05) is 24.7 Å². The number of nitrogens with zero attached hydrogens (tertiary/aromatic N) is 2. The van der Waals surface area contributed by atoms with Crippen molar-refractivity contribution in [1.82, 2.24) is 15.1 Å². The molecule has 0 aromatic heterocycles. The molecule has 23 heavy (non-hydrogen) atoms. The minimum Gasteiger partial charge on any atom is -0.323 e. The predicted molar refractivity (Wildman–Crippen MR) is 85.5 cm³/mol. The van der Waals surface area contributed by atoms with Crippen molar-refractivity contribution in [2.45, 2.75) is 57.0 Å². The van der Waals surface area contributed by atoms with Gasteiger partial charge in [0.2, 0.25) is 0 Å². The number of imide groups is 1. The second-order valence-electron chi connectivity index (χ2n) is 6.96. The summed E-state index contributed by atoms with van der Waals surface area (Å²) in [6.45, 7) is 2.89. The van der Waals surface area contributed by atoms with Crippen LogP contribution in [0.15, 0.2) is 0 Å². The number of amides is 3. The van der Waals surface area contributed by atoms with Gasteiger partial charge in [-0.3, -0.25) is 9.69 Å². The maximum atomic E-state index is 12.7. The van der Waals surface area contributed by atoms with Crippen LogP contribution in [0.1, 0.15) is 45.4 Å². The molecule has 7 nitrogen and oxygen atoms in total. The number of sulfone groups is 1. The zero-order chi connectivity index (χ0) is 16.7. The Hall–Kier alpha value is -1.15. The van der Waals surface area contributed by atoms with E-state index in [4.69, 9.17) is 0 Å². The van der Waals surface area contributed by atoms with Gasteiger partial charge in [0.1, 0.15) is 5.54 Å². The van der Waals surface area contributed by atoms with Gasteiger partial charge in [0, 0.05) is 6.04 Å². The molecule has 0 aromatic rings. The Morgan fingerprint density at radius 3 is 2.57 bits per heavy atom. The van der Waals surface area contributed by atoms with E-state index in [1.54, 1.807) is 0 Å². The van der Waals surface area contributed by atoms with E-state index in [-0.39, 0.29) is 36.2 Å². The zero-order valence-electron chi connectivity index (χ0n) is 13.6. The monoisotopic (exact) mass is 343 g/mol. The Kier molecular flexibility index (Phi) is 4.39. The van der Waals surface area contributed by atoms with Gasteiger partial charge in [-0.25, -0.2) is 18.1 Å². The van der Waals surface area contributed by atoms with Crippen molar-refractivity contribution in [3.8, 4) is 0 Å². The van der Waals surface area contributed by atoms with Gasteiger partial charge in [0.15, 0.2) is 9.84 Å². The lowest BCUT2D eigenvalue weighted by atomic mass is 9.98. The summed E-state index contributed by atoms with van der Waals surface area (Å²) in [6.07, 6.45) is 4.76. The first kappa shape index (κ1) is 16.7. The highest BCUT2D eigenvalue weighted by Gasteiger charge is 2.52. The molecule has 1 atom stereocenters. The van der Waals surface area contributed by atoms with Crippen LogP contribution in [-0.2, 0) is 14.6 Å². The fourth-order valence-electron chi connectivity index (χ4n) is 4.02. The molecule has 2 aliphatic heterocycles. The van der Waals surface area contributed by atoms with E-state index >= 15 is 0 Å².